The van der Waals surface area contributed by atoms with Crippen LogP contribution in [-0.4, -0.2) is 22.8 Å². The molecule has 0 N–H and O–H groups in total. The summed E-state index contributed by atoms with van der Waals surface area (Å²) in [6.07, 6.45) is 0. The van der Waals surface area contributed by atoms with Crippen LogP contribution in [0.15, 0.2) is 66.7 Å². The third-order valence-corrected chi connectivity index (χ3v) is 4.63. The summed E-state index contributed by atoms with van der Waals surface area (Å²) in [5, 5.41) is 9.91. The van der Waals surface area contributed by atoms with E-state index in [1.54, 1.807) is 36.4 Å². The number of amides is 2. The molecule has 30 heavy (non-hydrogen) atoms. The summed E-state index contributed by atoms with van der Waals surface area (Å²) in [6.45, 7) is 0. The zero-order chi connectivity index (χ0) is 21.3. The lowest BCUT2D eigenvalue weighted by Crippen LogP contribution is -2.32. The van der Waals surface area contributed by atoms with Crippen LogP contribution in [0.4, 0.5) is 0 Å². The van der Waals surface area contributed by atoms with Crippen molar-refractivity contribution >= 4 is 29.4 Å². The summed E-state index contributed by atoms with van der Waals surface area (Å²) in [5.41, 5.74) is 0.525. The van der Waals surface area contributed by atoms with E-state index in [4.69, 9.17) is 21.2 Å². The van der Waals surface area contributed by atoms with Crippen LogP contribution < -0.4 is 4.74 Å². The third kappa shape index (κ3) is 3.36. The van der Waals surface area contributed by atoms with Gasteiger partial charge in [0.25, 0.3) is 11.8 Å². The molecule has 1 aliphatic rings. The molecule has 4 rings (SSSR count). The number of hydroxylamine groups is 2. The molecular formula is C22H11ClN2O5. The number of benzene rings is 3. The number of carbonyl (C=O) groups is 3. The Hall–Kier alpha value is -4.15. The van der Waals surface area contributed by atoms with Crippen molar-refractivity contribution in [3.05, 3.63) is 94.0 Å². The van der Waals surface area contributed by atoms with Crippen LogP contribution in [0.3, 0.4) is 0 Å². The minimum Gasteiger partial charge on any atom is -0.456 e. The maximum absolute atomic E-state index is 12.5. The van der Waals surface area contributed by atoms with Crippen LogP contribution in [0.5, 0.6) is 11.5 Å². The normalized spacial score (nSPS) is 12.3. The summed E-state index contributed by atoms with van der Waals surface area (Å²) in [6, 6.07) is 18.8. The molecule has 1 heterocycles. The summed E-state index contributed by atoms with van der Waals surface area (Å²) in [5.74, 6) is -1.88. The van der Waals surface area contributed by atoms with E-state index >= 15 is 0 Å². The molecule has 0 atom stereocenters. The monoisotopic (exact) mass is 418 g/mol. The first-order valence-corrected chi connectivity index (χ1v) is 9.04. The van der Waals surface area contributed by atoms with Crippen molar-refractivity contribution in [3.8, 4) is 17.6 Å². The quantitative estimate of drug-likeness (QED) is 0.583. The summed E-state index contributed by atoms with van der Waals surface area (Å²) in [7, 11) is 0. The fraction of sp³-hybridized carbons (Fsp3) is 0. The molecule has 0 unspecified atom stereocenters. The zero-order valence-electron chi connectivity index (χ0n) is 15.2. The largest absolute Gasteiger partial charge is 0.456 e. The van der Waals surface area contributed by atoms with Gasteiger partial charge in [-0.3, -0.25) is 9.59 Å². The average molecular weight is 419 g/mol. The van der Waals surface area contributed by atoms with Gasteiger partial charge in [0.2, 0.25) is 0 Å². The lowest BCUT2D eigenvalue weighted by atomic mass is 10.1. The summed E-state index contributed by atoms with van der Waals surface area (Å²) in [4.78, 5) is 42.3. The van der Waals surface area contributed by atoms with E-state index in [0.717, 1.165) is 0 Å². The molecule has 146 valence electrons. The molecule has 0 bridgehead atoms. The number of ether oxygens (including phenoxy) is 1. The Morgan fingerprint density at radius 1 is 0.933 bits per heavy atom. The Bertz CT molecular complexity index is 1210. The molecule has 2 amide bonds. The van der Waals surface area contributed by atoms with E-state index in [0.29, 0.717) is 5.06 Å². The third-order valence-electron chi connectivity index (χ3n) is 4.32. The van der Waals surface area contributed by atoms with Crippen molar-refractivity contribution in [2.45, 2.75) is 0 Å². The van der Waals surface area contributed by atoms with Gasteiger partial charge >= 0.3 is 5.97 Å². The number of halogens is 1. The molecule has 8 heteroatoms. The van der Waals surface area contributed by atoms with E-state index < -0.39 is 17.8 Å². The Balaban J connectivity index is 1.55. The Kier molecular flexibility index (Phi) is 4.92. The van der Waals surface area contributed by atoms with E-state index in [9.17, 15) is 19.6 Å². The van der Waals surface area contributed by atoms with Gasteiger partial charge in [-0.15, -0.1) is 0 Å². The average Bonchev–Trinajstić information content (AvgIpc) is 2.99. The maximum Gasteiger partial charge on any atom is 0.364 e. The first-order valence-electron chi connectivity index (χ1n) is 8.66. The van der Waals surface area contributed by atoms with Gasteiger partial charge < -0.3 is 9.57 Å². The van der Waals surface area contributed by atoms with E-state index in [2.05, 4.69) is 0 Å². The predicted molar refractivity (Wildman–Crippen MR) is 105 cm³/mol. The molecule has 0 aromatic heterocycles. The van der Waals surface area contributed by atoms with Gasteiger partial charge in [-0.2, -0.15) is 5.26 Å². The second-order valence-corrected chi connectivity index (χ2v) is 6.59. The van der Waals surface area contributed by atoms with Gasteiger partial charge in [-0.1, -0.05) is 40.9 Å². The molecule has 0 aliphatic carbocycles. The molecular weight excluding hydrogens is 408 g/mol. The van der Waals surface area contributed by atoms with Crippen molar-refractivity contribution in [1.82, 2.24) is 5.06 Å². The second-order valence-electron chi connectivity index (χ2n) is 6.18. The minimum absolute atomic E-state index is 0.0459. The highest BCUT2D eigenvalue weighted by molar-refractivity contribution is 6.32. The second kappa shape index (κ2) is 7.70. The van der Waals surface area contributed by atoms with Gasteiger partial charge in [-0.25, -0.2) is 4.79 Å². The van der Waals surface area contributed by atoms with Crippen LogP contribution in [0.2, 0.25) is 5.02 Å². The Morgan fingerprint density at radius 3 is 2.27 bits per heavy atom. The van der Waals surface area contributed by atoms with Crippen molar-refractivity contribution in [3.63, 3.8) is 0 Å². The number of rotatable bonds is 4. The number of nitrogens with zero attached hydrogens (tertiary/aromatic N) is 2. The molecule has 7 nitrogen and oxygen atoms in total. The molecule has 0 fully saturated rings. The molecule has 3 aromatic rings. The Morgan fingerprint density at radius 2 is 1.60 bits per heavy atom. The topological polar surface area (TPSA) is 96.7 Å². The van der Waals surface area contributed by atoms with Gasteiger partial charge in [0.05, 0.1) is 21.7 Å². The highest BCUT2D eigenvalue weighted by atomic mass is 35.5. The van der Waals surface area contributed by atoms with Crippen LogP contribution in [0, 0.1) is 11.3 Å². The van der Waals surface area contributed by atoms with E-state index in [1.165, 1.54) is 30.3 Å². The maximum atomic E-state index is 12.5. The molecule has 0 saturated heterocycles. The molecule has 3 aromatic carbocycles. The zero-order valence-corrected chi connectivity index (χ0v) is 15.9. The van der Waals surface area contributed by atoms with Crippen LogP contribution in [0.25, 0.3) is 0 Å². The van der Waals surface area contributed by atoms with Crippen LogP contribution >= 0.6 is 11.6 Å². The smallest absolute Gasteiger partial charge is 0.364 e. The lowest BCUT2D eigenvalue weighted by molar-refractivity contribution is -0.0584. The lowest BCUT2D eigenvalue weighted by Gasteiger charge is -2.13. The van der Waals surface area contributed by atoms with Gasteiger partial charge in [-0.05, 0) is 42.5 Å². The standard InChI is InChI=1S/C22H11ClN2O5/c23-18-9-4-10-19(17(18)12-24)29-14-6-3-5-13(11-14)22(28)30-25-20(26)15-7-1-2-8-16(15)21(25)27/h1-11H. The van der Waals surface area contributed by atoms with E-state index in [1.807, 2.05) is 6.07 Å². The number of fused-ring (bicyclic) bond motifs is 1. The molecule has 1 aliphatic heterocycles. The molecule has 0 radical (unpaired) electrons. The van der Waals surface area contributed by atoms with Crippen molar-refractivity contribution in [1.29, 1.82) is 5.26 Å². The van der Waals surface area contributed by atoms with Gasteiger partial charge in [0.15, 0.2) is 0 Å². The summed E-state index contributed by atoms with van der Waals surface area (Å²) < 4.78 is 5.67. The number of nitriles is 1. The summed E-state index contributed by atoms with van der Waals surface area (Å²) >= 11 is 5.99. The van der Waals surface area contributed by atoms with Crippen LogP contribution in [-0.2, 0) is 4.84 Å². The van der Waals surface area contributed by atoms with Gasteiger partial charge in [0, 0.05) is 0 Å². The van der Waals surface area contributed by atoms with Gasteiger partial charge in [0.1, 0.15) is 23.1 Å². The van der Waals surface area contributed by atoms with Crippen LogP contribution in [0.1, 0.15) is 36.6 Å². The first-order chi connectivity index (χ1) is 14.5. The number of hydrogen-bond donors (Lipinski definition) is 0. The fourth-order valence-electron chi connectivity index (χ4n) is 2.90. The van der Waals surface area contributed by atoms with Crippen molar-refractivity contribution in [2.75, 3.05) is 0 Å². The SMILES string of the molecule is N#Cc1c(Cl)cccc1Oc1cccc(C(=O)ON2C(=O)c3ccccc3C2=O)c1. The first kappa shape index (κ1) is 19.2. The number of imide groups is 1. The predicted octanol–water partition coefficient (Wildman–Crippen LogP) is 4.37. The van der Waals surface area contributed by atoms with Crippen molar-refractivity contribution < 1.29 is 24.0 Å². The highest BCUT2D eigenvalue weighted by Crippen LogP contribution is 2.30. The highest BCUT2D eigenvalue weighted by Gasteiger charge is 2.38. The number of hydrogen-bond acceptors (Lipinski definition) is 6. The fourth-order valence-corrected chi connectivity index (χ4v) is 3.11. The van der Waals surface area contributed by atoms with E-state index in [-0.39, 0.29) is 38.8 Å². The molecule has 0 saturated carbocycles. The molecule has 0 spiro atoms. The number of carbonyl (C=O) groups excluding carboxylic acids is 3. The van der Waals surface area contributed by atoms with Crippen molar-refractivity contribution in [2.24, 2.45) is 0 Å². The minimum atomic E-state index is -0.915. The Labute approximate surface area is 175 Å².